The van der Waals surface area contributed by atoms with Gasteiger partial charge < -0.3 is 25.0 Å². The fourth-order valence-electron chi connectivity index (χ4n) is 6.45. The summed E-state index contributed by atoms with van der Waals surface area (Å²) in [5, 5.41) is 8.25. The van der Waals surface area contributed by atoms with Gasteiger partial charge in [-0.3, -0.25) is 14.5 Å². The summed E-state index contributed by atoms with van der Waals surface area (Å²) in [6, 6.07) is 24.2. The number of rotatable bonds is 11. The van der Waals surface area contributed by atoms with Crippen LogP contribution in [0.3, 0.4) is 0 Å². The van der Waals surface area contributed by atoms with Gasteiger partial charge in [0.05, 0.1) is 36.8 Å². The Hall–Kier alpha value is -5.13. The van der Waals surface area contributed by atoms with Crippen LogP contribution in [0.4, 0.5) is 28.7 Å². The topological polar surface area (TPSA) is 104 Å². The molecule has 2 N–H and O–H groups in total. The van der Waals surface area contributed by atoms with E-state index < -0.39 is 0 Å². The number of methoxy groups -OCH3 is 1. The number of hydroxylamine groups is 1. The molecule has 3 fully saturated rings. The van der Waals surface area contributed by atoms with Crippen molar-refractivity contribution in [1.82, 2.24) is 14.9 Å². The van der Waals surface area contributed by atoms with Crippen molar-refractivity contribution in [3.63, 3.8) is 0 Å². The Bertz CT molecular complexity index is 1750. The summed E-state index contributed by atoms with van der Waals surface area (Å²) in [6.07, 6.45) is 7.22. The van der Waals surface area contributed by atoms with Crippen molar-refractivity contribution in [2.24, 2.45) is 0 Å². The maximum Gasteiger partial charge on any atom is 0.247 e. The molecule has 1 saturated carbocycles. The first-order valence-corrected chi connectivity index (χ1v) is 16.6. The van der Waals surface area contributed by atoms with Crippen LogP contribution in [0.5, 0.6) is 17.2 Å². The second-order valence-electron chi connectivity index (χ2n) is 12.2. The number of amides is 1. The number of carbonyl (C=O) groups is 1. The van der Waals surface area contributed by atoms with Gasteiger partial charge in [0.15, 0.2) is 5.82 Å². The SMILES string of the molecule is C=CC(=O)Nc1cc(Nc2cc(N3OCCC3c3cccc(Oc4ccccc4)c3)ncn2)c(OC)cc1N1CCCN(C2CC2)CC1. The Balaban J connectivity index is 1.12. The zero-order valence-electron chi connectivity index (χ0n) is 27.2. The molecule has 0 radical (unpaired) electrons. The monoisotopic (exact) mass is 647 g/mol. The molecule has 1 aromatic heterocycles. The van der Waals surface area contributed by atoms with Crippen molar-refractivity contribution in [2.75, 3.05) is 60.5 Å². The van der Waals surface area contributed by atoms with Gasteiger partial charge in [-0.05, 0) is 61.2 Å². The quantitative estimate of drug-likeness (QED) is 0.171. The molecule has 0 bridgehead atoms. The molecule has 11 nitrogen and oxygen atoms in total. The molecule has 1 atom stereocenters. The fraction of sp³-hybridized carbons (Fsp3) is 0.324. The van der Waals surface area contributed by atoms with Gasteiger partial charge >= 0.3 is 0 Å². The van der Waals surface area contributed by atoms with Crippen LogP contribution >= 0.6 is 0 Å². The lowest BCUT2D eigenvalue weighted by Crippen LogP contribution is -2.32. The smallest absolute Gasteiger partial charge is 0.247 e. The number of ether oxygens (including phenoxy) is 2. The van der Waals surface area contributed by atoms with Gasteiger partial charge in [-0.2, -0.15) is 0 Å². The van der Waals surface area contributed by atoms with E-state index in [0.717, 1.165) is 67.8 Å². The van der Waals surface area contributed by atoms with Crippen LogP contribution in [0.1, 0.15) is 37.3 Å². The van der Waals surface area contributed by atoms with Gasteiger partial charge in [0.25, 0.3) is 0 Å². The number of anilines is 5. The Morgan fingerprint density at radius 3 is 2.60 bits per heavy atom. The molecular weight excluding hydrogens is 606 g/mol. The predicted molar refractivity (Wildman–Crippen MR) is 187 cm³/mol. The van der Waals surface area contributed by atoms with Crippen LogP contribution in [0, 0.1) is 0 Å². The zero-order valence-corrected chi connectivity index (χ0v) is 27.2. The largest absolute Gasteiger partial charge is 0.494 e. The van der Waals surface area contributed by atoms with E-state index in [0.29, 0.717) is 35.4 Å². The molecule has 1 amide bonds. The van der Waals surface area contributed by atoms with E-state index in [4.69, 9.17) is 14.3 Å². The third-order valence-corrected chi connectivity index (χ3v) is 8.96. The van der Waals surface area contributed by atoms with E-state index in [2.05, 4.69) is 43.0 Å². The number of hydrogen-bond acceptors (Lipinski definition) is 10. The van der Waals surface area contributed by atoms with Crippen LogP contribution < -0.4 is 30.1 Å². The number of hydrogen-bond donors (Lipinski definition) is 2. The van der Waals surface area contributed by atoms with E-state index >= 15 is 0 Å². The minimum atomic E-state index is -0.276. The fourth-order valence-corrected chi connectivity index (χ4v) is 6.45. The summed E-state index contributed by atoms with van der Waals surface area (Å²) in [7, 11) is 1.65. The number of nitrogens with zero attached hydrogens (tertiary/aromatic N) is 5. The molecule has 7 rings (SSSR count). The first kappa shape index (κ1) is 31.5. The molecule has 2 saturated heterocycles. The van der Waals surface area contributed by atoms with Crippen molar-refractivity contribution in [1.29, 1.82) is 0 Å². The summed E-state index contributed by atoms with van der Waals surface area (Å²) in [4.78, 5) is 32.6. The summed E-state index contributed by atoms with van der Waals surface area (Å²) in [5.41, 5.74) is 3.31. The molecule has 11 heteroatoms. The molecule has 1 unspecified atom stereocenters. The van der Waals surface area contributed by atoms with E-state index in [9.17, 15) is 4.79 Å². The number of benzene rings is 3. The van der Waals surface area contributed by atoms with Crippen molar-refractivity contribution in [3.05, 3.63) is 97.3 Å². The second-order valence-corrected chi connectivity index (χ2v) is 12.2. The van der Waals surface area contributed by atoms with E-state index in [-0.39, 0.29) is 11.9 Å². The number of carbonyl (C=O) groups excluding carboxylic acids is 1. The van der Waals surface area contributed by atoms with Gasteiger partial charge in [0, 0.05) is 50.8 Å². The molecule has 4 aromatic rings. The second kappa shape index (κ2) is 14.3. The predicted octanol–water partition coefficient (Wildman–Crippen LogP) is 6.70. The lowest BCUT2D eigenvalue weighted by atomic mass is 10.0. The van der Waals surface area contributed by atoms with Gasteiger partial charge in [-0.25, -0.2) is 15.0 Å². The van der Waals surface area contributed by atoms with Crippen LogP contribution in [-0.4, -0.2) is 66.7 Å². The van der Waals surface area contributed by atoms with Crippen molar-refractivity contribution < 1.29 is 19.1 Å². The highest BCUT2D eigenvalue weighted by Crippen LogP contribution is 2.41. The molecule has 3 heterocycles. The zero-order chi connectivity index (χ0) is 32.9. The minimum Gasteiger partial charge on any atom is -0.494 e. The molecule has 48 heavy (non-hydrogen) atoms. The normalized spacial score (nSPS) is 18.2. The Morgan fingerprint density at radius 2 is 1.79 bits per heavy atom. The molecular formula is C37H41N7O4. The van der Waals surface area contributed by atoms with Crippen molar-refractivity contribution in [3.8, 4) is 17.2 Å². The summed E-state index contributed by atoms with van der Waals surface area (Å²) < 4.78 is 12.0. The van der Waals surface area contributed by atoms with Gasteiger partial charge in [0.1, 0.15) is 29.4 Å². The maximum absolute atomic E-state index is 12.6. The lowest BCUT2D eigenvalue weighted by molar-refractivity contribution is -0.111. The Morgan fingerprint density at radius 1 is 0.938 bits per heavy atom. The molecule has 1 aliphatic carbocycles. The Labute approximate surface area is 281 Å². The van der Waals surface area contributed by atoms with Crippen molar-refractivity contribution >= 4 is 34.6 Å². The maximum atomic E-state index is 12.6. The van der Waals surface area contributed by atoms with Crippen molar-refractivity contribution in [2.45, 2.75) is 37.8 Å². The van der Waals surface area contributed by atoms with Crippen LogP contribution in [0.25, 0.3) is 0 Å². The third kappa shape index (κ3) is 7.22. The number of para-hydroxylation sites is 1. The average molecular weight is 648 g/mol. The van der Waals surface area contributed by atoms with E-state index in [1.165, 1.54) is 25.2 Å². The van der Waals surface area contributed by atoms with Crippen LogP contribution in [0.15, 0.2) is 91.8 Å². The standard InChI is InChI=1S/C37H41N7O4/c1-3-37(45)41-30-22-31(34(46-2)23-33(30)43-17-8-16-42(18-19-43)27-13-14-27)40-35-24-36(39-25-38-35)44-32(15-20-47-44)26-9-7-12-29(21-26)48-28-10-5-4-6-11-28/h3-7,9-12,21-25,27,32H,1,8,13-20H2,2H3,(H,41,45)(H,38,39,40). The molecule has 0 spiro atoms. The summed E-state index contributed by atoms with van der Waals surface area (Å²) in [5.74, 6) is 3.06. The van der Waals surface area contributed by atoms with Crippen LogP contribution in [0.2, 0.25) is 0 Å². The van der Waals surface area contributed by atoms with Gasteiger partial charge in [-0.1, -0.05) is 36.9 Å². The van der Waals surface area contributed by atoms with E-state index in [1.807, 2.05) is 71.8 Å². The highest BCUT2D eigenvalue weighted by molar-refractivity contribution is 6.02. The number of aromatic nitrogens is 2. The summed E-state index contributed by atoms with van der Waals surface area (Å²) in [6.45, 7) is 8.07. The Kier molecular flexibility index (Phi) is 9.39. The molecule has 3 aromatic carbocycles. The minimum absolute atomic E-state index is 0.0638. The lowest BCUT2D eigenvalue weighted by Gasteiger charge is -2.27. The van der Waals surface area contributed by atoms with Crippen LogP contribution in [-0.2, 0) is 9.63 Å². The molecule has 2 aliphatic heterocycles. The van der Waals surface area contributed by atoms with E-state index in [1.54, 1.807) is 7.11 Å². The third-order valence-electron chi connectivity index (χ3n) is 8.96. The van der Waals surface area contributed by atoms with Gasteiger partial charge in [0.2, 0.25) is 5.91 Å². The van der Waals surface area contributed by atoms with Gasteiger partial charge in [-0.15, -0.1) is 0 Å². The molecule has 3 aliphatic rings. The summed E-state index contributed by atoms with van der Waals surface area (Å²) >= 11 is 0. The highest BCUT2D eigenvalue weighted by atomic mass is 16.7. The highest BCUT2D eigenvalue weighted by Gasteiger charge is 2.31. The molecule has 248 valence electrons. The average Bonchev–Trinajstić information content (AvgIpc) is 3.89. The number of nitrogens with one attached hydrogen (secondary N) is 2. The first-order valence-electron chi connectivity index (χ1n) is 16.6. The first-order chi connectivity index (χ1) is 23.6.